The van der Waals surface area contributed by atoms with E-state index >= 15 is 0 Å². The van der Waals surface area contributed by atoms with E-state index in [1.54, 1.807) is 20.8 Å². The van der Waals surface area contributed by atoms with Crippen LogP contribution in [-0.4, -0.2) is 38.1 Å². The number of nitro groups is 1. The predicted molar refractivity (Wildman–Crippen MR) is 94.9 cm³/mol. The van der Waals surface area contributed by atoms with E-state index in [2.05, 4.69) is 9.71 Å². The molecule has 0 fully saturated rings. The van der Waals surface area contributed by atoms with Crippen molar-refractivity contribution in [2.24, 2.45) is 0 Å². The fraction of sp³-hybridized carbons (Fsp3) is 0.400. The molecule has 1 heterocycles. The average Bonchev–Trinajstić information content (AvgIpc) is 2.84. The fourth-order valence-corrected chi connectivity index (χ4v) is 4.25. The molecule has 0 bridgehead atoms. The maximum absolute atomic E-state index is 12.4. The van der Waals surface area contributed by atoms with Crippen LogP contribution < -0.4 is 4.72 Å². The summed E-state index contributed by atoms with van der Waals surface area (Å²) in [6.45, 7) is 5.31. The summed E-state index contributed by atoms with van der Waals surface area (Å²) in [6, 6.07) is 3.22. The first-order chi connectivity index (χ1) is 12.1. The molecule has 9 nitrogen and oxygen atoms in total. The predicted octanol–water partition coefficient (Wildman–Crippen LogP) is 2.66. The van der Waals surface area contributed by atoms with Crippen molar-refractivity contribution in [3.05, 3.63) is 39.8 Å². The summed E-state index contributed by atoms with van der Waals surface area (Å²) in [5, 5.41) is 11.6. The highest BCUT2D eigenvalue weighted by molar-refractivity contribution is 7.99. The zero-order chi connectivity index (χ0) is 19.5. The van der Waals surface area contributed by atoms with Gasteiger partial charge in [-0.2, -0.15) is 0 Å². The van der Waals surface area contributed by atoms with E-state index in [0.717, 1.165) is 17.8 Å². The van der Waals surface area contributed by atoms with Crippen LogP contribution in [0.5, 0.6) is 0 Å². The Morgan fingerprint density at radius 1 is 1.42 bits per heavy atom. The zero-order valence-corrected chi connectivity index (χ0v) is 16.3. The van der Waals surface area contributed by atoms with Gasteiger partial charge in [-0.25, -0.2) is 18.1 Å². The number of aromatic nitrogens is 1. The Bertz CT molecular complexity index is 891. The topological polar surface area (TPSA) is 125 Å². The van der Waals surface area contributed by atoms with Crippen LogP contribution in [0.1, 0.15) is 18.4 Å². The molecular formula is C15H19N3O6S2. The van der Waals surface area contributed by atoms with Crippen LogP contribution in [0.2, 0.25) is 0 Å². The lowest BCUT2D eigenvalue weighted by Crippen LogP contribution is -2.35. The molecule has 142 valence electrons. The van der Waals surface area contributed by atoms with E-state index in [9.17, 15) is 18.5 Å². The molecule has 0 saturated carbocycles. The number of sulfonamides is 1. The molecule has 0 unspecified atom stereocenters. The fourth-order valence-electron chi connectivity index (χ4n) is 2.09. The summed E-state index contributed by atoms with van der Waals surface area (Å²) in [6.07, 6.45) is 0. The van der Waals surface area contributed by atoms with Gasteiger partial charge in [-0.15, -0.1) is 0 Å². The average molecular weight is 401 g/mol. The number of methoxy groups -OCH3 is 1. The molecule has 0 saturated heterocycles. The van der Waals surface area contributed by atoms with Gasteiger partial charge in [-0.1, -0.05) is 0 Å². The van der Waals surface area contributed by atoms with Gasteiger partial charge in [-0.3, -0.25) is 10.1 Å². The number of hydrogen-bond acceptors (Lipinski definition) is 8. The molecule has 1 N–H and O–H groups in total. The van der Waals surface area contributed by atoms with Gasteiger partial charge in [0, 0.05) is 19.2 Å². The van der Waals surface area contributed by atoms with Crippen molar-refractivity contribution >= 4 is 27.5 Å². The highest BCUT2D eigenvalue weighted by Gasteiger charge is 2.24. The third-order valence-corrected chi connectivity index (χ3v) is 5.92. The monoisotopic (exact) mass is 401 g/mol. The highest BCUT2D eigenvalue weighted by Crippen LogP contribution is 2.36. The number of benzene rings is 1. The van der Waals surface area contributed by atoms with Crippen LogP contribution in [0.15, 0.2) is 37.6 Å². The molecule has 1 atom stereocenters. The molecule has 11 heteroatoms. The number of nitrogens with one attached hydrogen (secondary N) is 1. The standard InChI is InChI=1S/C15H19N3O6S2/c1-9(8-23-4)17-26(21,22)12-5-6-14(13(7-12)18(19)20)25-15-16-10(2)11(3)24-15/h5-7,9,17H,8H2,1-4H3/t9-/m0/s1. The highest BCUT2D eigenvalue weighted by atomic mass is 32.2. The third-order valence-electron chi connectivity index (χ3n) is 3.42. The Kier molecular flexibility index (Phi) is 6.39. The summed E-state index contributed by atoms with van der Waals surface area (Å²) < 4.78 is 37.5. The van der Waals surface area contributed by atoms with Crippen molar-refractivity contribution in [3.63, 3.8) is 0 Å². The number of ether oxygens (including phenoxy) is 1. The SMILES string of the molecule is COC[C@H](C)NS(=O)(=O)c1ccc(Sc2nc(C)c(C)o2)c([N+](=O)[O-])c1. The normalized spacial score (nSPS) is 12.9. The van der Waals surface area contributed by atoms with E-state index in [1.807, 2.05) is 0 Å². The van der Waals surface area contributed by atoms with Gasteiger partial charge in [0.05, 0.1) is 27.0 Å². The van der Waals surface area contributed by atoms with Crippen LogP contribution in [0.4, 0.5) is 5.69 Å². The molecule has 0 aliphatic carbocycles. The molecule has 0 aliphatic rings. The van der Waals surface area contributed by atoms with Crippen molar-refractivity contribution in [1.82, 2.24) is 9.71 Å². The van der Waals surface area contributed by atoms with Crippen molar-refractivity contribution in [2.75, 3.05) is 13.7 Å². The smallest absolute Gasteiger partial charge is 0.284 e. The second kappa shape index (κ2) is 8.16. The van der Waals surface area contributed by atoms with E-state index < -0.39 is 21.0 Å². The Morgan fingerprint density at radius 2 is 2.12 bits per heavy atom. The quantitative estimate of drug-likeness (QED) is 0.529. The molecule has 1 aromatic heterocycles. The van der Waals surface area contributed by atoms with E-state index in [0.29, 0.717) is 11.5 Å². The second-order valence-electron chi connectivity index (χ2n) is 5.59. The molecule has 0 radical (unpaired) electrons. The maximum atomic E-state index is 12.4. The minimum Gasteiger partial charge on any atom is -0.436 e. The Morgan fingerprint density at radius 3 is 2.65 bits per heavy atom. The summed E-state index contributed by atoms with van der Waals surface area (Å²) >= 11 is 0.964. The van der Waals surface area contributed by atoms with Crippen LogP contribution in [0, 0.1) is 24.0 Å². The molecule has 26 heavy (non-hydrogen) atoms. The van der Waals surface area contributed by atoms with Crippen molar-refractivity contribution in [2.45, 2.75) is 41.8 Å². The van der Waals surface area contributed by atoms with Crippen LogP contribution in [0.25, 0.3) is 0 Å². The van der Waals surface area contributed by atoms with Gasteiger partial charge >= 0.3 is 0 Å². The maximum Gasteiger partial charge on any atom is 0.284 e. The summed E-state index contributed by atoms with van der Waals surface area (Å²) in [4.78, 5) is 15.0. The minimum absolute atomic E-state index is 0.179. The van der Waals surface area contributed by atoms with Gasteiger partial charge < -0.3 is 9.15 Å². The lowest BCUT2D eigenvalue weighted by molar-refractivity contribution is -0.388. The molecule has 2 aromatic rings. The number of nitrogens with zero attached hydrogens (tertiary/aromatic N) is 2. The first-order valence-electron chi connectivity index (χ1n) is 7.55. The number of nitro benzene ring substituents is 1. The van der Waals surface area contributed by atoms with E-state index in [1.165, 1.54) is 19.2 Å². The first kappa shape index (κ1) is 20.4. The van der Waals surface area contributed by atoms with Crippen LogP contribution >= 0.6 is 11.8 Å². The Hall–Kier alpha value is -1.95. The van der Waals surface area contributed by atoms with Crippen molar-refractivity contribution < 1.29 is 22.5 Å². The molecule has 0 spiro atoms. The molecule has 1 aromatic carbocycles. The lowest BCUT2D eigenvalue weighted by Gasteiger charge is -2.13. The summed E-state index contributed by atoms with van der Waals surface area (Å²) in [5.74, 6) is 0.616. The third kappa shape index (κ3) is 4.81. The van der Waals surface area contributed by atoms with Crippen LogP contribution in [-0.2, 0) is 14.8 Å². The number of aryl methyl sites for hydroxylation is 2. The first-order valence-corrected chi connectivity index (χ1v) is 9.85. The van der Waals surface area contributed by atoms with Crippen molar-refractivity contribution in [1.29, 1.82) is 0 Å². The van der Waals surface area contributed by atoms with Gasteiger partial charge in [0.2, 0.25) is 10.0 Å². The van der Waals surface area contributed by atoms with Gasteiger partial charge in [0.25, 0.3) is 10.9 Å². The lowest BCUT2D eigenvalue weighted by atomic mass is 10.3. The number of rotatable bonds is 8. The zero-order valence-electron chi connectivity index (χ0n) is 14.7. The van der Waals surface area contributed by atoms with Crippen molar-refractivity contribution in [3.8, 4) is 0 Å². The number of hydrogen-bond donors (Lipinski definition) is 1. The van der Waals surface area contributed by atoms with Gasteiger partial charge in [0.1, 0.15) is 5.76 Å². The van der Waals surface area contributed by atoms with Crippen LogP contribution in [0.3, 0.4) is 0 Å². The minimum atomic E-state index is -3.91. The largest absolute Gasteiger partial charge is 0.436 e. The summed E-state index contributed by atoms with van der Waals surface area (Å²) in [7, 11) is -2.46. The van der Waals surface area contributed by atoms with E-state index in [-0.39, 0.29) is 27.3 Å². The van der Waals surface area contributed by atoms with Gasteiger partial charge in [0.15, 0.2) is 0 Å². The Balaban J connectivity index is 2.35. The molecule has 0 amide bonds. The van der Waals surface area contributed by atoms with Gasteiger partial charge in [-0.05, 0) is 44.7 Å². The number of oxazole rings is 1. The second-order valence-corrected chi connectivity index (χ2v) is 8.29. The summed E-state index contributed by atoms with van der Waals surface area (Å²) in [5.41, 5.74) is 0.344. The Labute approximate surface area is 155 Å². The molecule has 0 aliphatic heterocycles. The molecular weight excluding hydrogens is 382 g/mol. The van der Waals surface area contributed by atoms with E-state index in [4.69, 9.17) is 9.15 Å². The molecule has 2 rings (SSSR count).